The van der Waals surface area contributed by atoms with Gasteiger partial charge in [0.2, 0.25) is 11.8 Å². The highest BCUT2D eigenvalue weighted by atomic mass is 19.1. The third-order valence-corrected chi connectivity index (χ3v) is 6.60. The van der Waals surface area contributed by atoms with Gasteiger partial charge in [-0.2, -0.15) is 0 Å². The van der Waals surface area contributed by atoms with Crippen molar-refractivity contribution in [2.45, 2.75) is 19.8 Å². The molecule has 4 aromatic rings. The Morgan fingerprint density at radius 2 is 1.41 bits per heavy atom. The van der Waals surface area contributed by atoms with Gasteiger partial charge in [0, 0.05) is 41.2 Å². The summed E-state index contributed by atoms with van der Waals surface area (Å²) in [4.78, 5) is 30.0. The van der Waals surface area contributed by atoms with E-state index in [1.54, 1.807) is 24.3 Å². The molecule has 2 amide bonds. The van der Waals surface area contributed by atoms with Gasteiger partial charge in [0.25, 0.3) is 0 Å². The lowest BCUT2D eigenvalue weighted by Gasteiger charge is -2.17. The summed E-state index contributed by atoms with van der Waals surface area (Å²) in [5.41, 5.74) is 0.614. The molecule has 0 spiro atoms. The van der Waals surface area contributed by atoms with Crippen LogP contribution in [0.4, 0.5) is 20.2 Å². The number of methoxy groups -OCH3 is 2. The second-order valence-electron chi connectivity index (χ2n) is 9.26. The van der Waals surface area contributed by atoms with E-state index in [9.17, 15) is 9.59 Å². The Balaban J connectivity index is 1.35. The van der Waals surface area contributed by atoms with Crippen molar-refractivity contribution in [2.24, 2.45) is 5.41 Å². The number of benzene rings is 3. The number of hydrogen-bond acceptors (Lipinski definition) is 6. The molecule has 3 aromatic carbocycles. The van der Waals surface area contributed by atoms with Crippen molar-refractivity contribution in [2.75, 3.05) is 24.9 Å². The molecule has 0 unspecified atom stereocenters. The molecular formula is C29H25F2N3O5. The predicted molar refractivity (Wildman–Crippen MR) is 141 cm³/mol. The lowest BCUT2D eigenvalue weighted by molar-refractivity contribution is -0.131. The number of ether oxygens (including phenoxy) is 3. The molecule has 1 saturated carbocycles. The van der Waals surface area contributed by atoms with Crippen LogP contribution in [0.15, 0.2) is 60.8 Å². The van der Waals surface area contributed by atoms with Crippen LogP contribution < -0.4 is 24.8 Å². The number of nitrogens with one attached hydrogen (secondary N) is 2. The van der Waals surface area contributed by atoms with Crippen molar-refractivity contribution in [1.82, 2.24) is 4.98 Å². The molecule has 1 aliphatic carbocycles. The first-order valence-corrected chi connectivity index (χ1v) is 12.1. The zero-order valence-corrected chi connectivity index (χ0v) is 21.4. The molecule has 1 aliphatic rings. The maximum Gasteiger partial charge on any atom is 0.240 e. The summed E-state index contributed by atoms with van der Waals surface area (Å²) in [6.07, 6.45) is 2.09. The van der Waals surface area contributed by atoms with Crippen molar-refractivity contribution in [3.05, 3.63) is 78.0 Å². The number of pyridine rings is 1. The van der Waals surface area contributed by atoms with E-state index in [2.05, 4.69) is 15.6 Å². The Bertz CT molecular complexity index is 1560. The average Bonchev–Trinajstić information content (AvgIpc) is 3.74. The minimum absolute atomic E-state index is 0.136. The molecule has 0 aliphatic heterocycles. The number of carbonyl (C=O) groups excluding carboxylic acids is 2. The summed E-state index contributed by atoms with van der Waals surface area (Å²) in [7, 11) is 2.95. The van der Waals surface area contributed by atoms with Gasteiger partial charge in [-0.15, -0.1) is 0 Å². The van der Waals surface area contributed by atoms with Crippen LogP contribution in [0, 0.1) is 24.0 Å². The third-order valence-electron chi connectivity index (χ3n) is 6.60. The standard InChI is InChI=1S/C29H25F2N3O5/c1-16-4-6-17(7-5-16)33-27(35)29(9-10-29)28(36)34-18-12-20(30)26(21(31)13-18)39-23-8-11-32-22-15-25(38-3)24(37-2)14-19(22)23/h4-8,11-15H,9-10H2,1-3H3,(H,33,35)(H,34,36). The van der Waals surface area contributed by atoms with Crippen LogP contribution in [0.25, 0.3) is 10.9 Å². The molecule has 10 heteroatoms. The van der Waals surface area contributed by atoms with Crippen LogP contribution >= 0.6 is 0 Å². The van der Waals surface area contributed by atoms with E-state index in [0.717, 1.165) is 17.7 Å². The van der Waals surface area contributed by atoms with Crippen LogP contribution in [0.2, 0.25) is 0 Å². The van der Waals surface area contributed by atoms with Gasteiger partial charge in [0.05, 0.1) is 19.7 Å². The molecule has 0 radical (unpaired) electrons. The lowest BCUT2D eigenvalue weighted by Crippen LogP contribution is -2.35. The van der Waals surface area contributed by atoms with Gasteiger partial charge in [-0.25, -0.2) is 8.78 Å². The number of amides is 2. The van der Waals surface area contributed by atoms with Crippen molar-refractivity contribution >= 4 is 34.1 Å². The molecule has 39 heavy (non-hydrogen) atoms. The molecule has 0 bridgehead atoms. The molecule has 8 nitrogen and oxygen atoms in total. The number of aryl methyl sites for hydroxylation is 1. The number of rotatable bonds is 8. The largest absolute Gasteiger partial charge is 0.493 e. The van der Waals surface area contributed by atoms with E-state index < -0.39 is 34.6 Å². The Hall–Kier alpha value is -4.73. The van der Waals surface area contributed by atoms with Crippen molar-refractivity contribution in [3.8, 4) is 23.0 Å². The molecule has 2 N–H and O–H groups in total. The molecule has 1 heterocycles. The van der Waals surface area contributed by atoms with Crippen molar-refractivity contribution in [1.29, 1.82) is 0 Å². The first kappa shape index (κ1) is 25.9. The minimum atomic E-state index is -1.30. The summed E-state index contributed by atoms with van der Waals surface area (Å²) in [5, 5.41) is 5.66. The maximum absolute atomic E-state index is 15.0. The van der Waals surface area contributed by atoms with Crippen LogP contribution in [0.5, 0.6) is 23.0 Å². The molecule has 0 atom stereocenters. The van der Waals surface area contributed by atoms with E-state index >= 15 is 8.78 Å². The second-order valence-corrected chi connectivity index (χ2v) is 9.26. The number of carbonyl (C=O) groups is 2. The molecule has 200 valence electrons. The average molecular weight is 534 g/mol. The van der Waals surface area contributed by atoms with Gasteiger partial charge < -0.3 is 24.8 Å². The molecule has 1 fully saturated rings. The molecule has 5 rings (SSSR count). The zero-order valence-electron chi connectivity index (χ0n) is 21.4. The lowest BCUT2D eigenvalue weighted by atomic mass is 10.0. The number of nitrogens with zero attached hydrogens (tertiary/aromatic N) is 1. The SMILES string of the molecule is COc1cc2nccc(Oc3c(F)cc(NC(=O)C4(C(=O)Nc5ccc(C)cc5)CC4)cc3F)c2cc1OC. The molecular weight excluding hydrogens is 508 g/mol. The first-order chi connectivity index (χ1) is 18.7. The Morgan fingerprint density at radius 3 is 2.00 bits per heavy atom. The molecule has 0 saturated heterocycles. The summed E-state index contributed by atoms with van der Waals surface area (Å²) < 4.78 is 46.3. The Kier molecular flexibility index (Phi) is 6.78. The number of aromatic nitrogens is 1. The summed E-state index contributed by atoms with van der Waals surface area (Å²) in [6, 6.07) is 13.7. The van der Waals surface area contributed by atoms with E-state index in [4.69, 9.17) is 14.2 Å². The van der Waals surface area contributed by atoms with Crippen molar-refractivity contribution in [3.63, 3.8) is 0 Å². The Labute approximate surface area is 222 Å². The maximum atomic E-state index is 15.0. The topological polar surface area (TPSA) is 98.8 Å². The number of hydrogen-bond donors (Lipinski definition) is 2. The van der Waals surface area contributed by atoms with Gasteiger partial charge in [-0.1, -0.05) is 17.7 Å². The van der Waals surface area contributed by atoms with E-state index in [1.165, 1.54) is 26.5 Å². The quantitative estimate of drug-likeness (QED) is 0.270. The normalized spacial score (nSPS) is 13.5. The van der Waals surface area contributed by atoms with Gasteiger partial charge in [-0.05, 0) is 44.0 Å². The number of anilines is 2. The van der Waals surface area contributed by atoms with E-state index in [0.29, 0.717) is 40.9 Å². The highest BCUT2D eigenvalue weighted by Crippen LogP contribution is 2.48. The number of fused-ring (bicyclic) bond motifs is 1. The van der Waals surface area contributed by atoms with Crippen LogP contribution in [0.1, 0.15) is 18.4 Å². The van der Waals surface area contributed by atoms with Crippen LogP contribution in [-0.4, -0.2) is 31.0 Å². The summed E-state index contributed by atoms with van der Waals surface area (Å²) in [6.45, 7) is 1.92. The Morgan fingerprint density at radius 1 is 0.821 bits per heavy atom. The monoisotopic (exact) mass is 533 g/mol. The predicted octanol–water partition coefficient (Wildman–Crippen LogP) is 5.99. The van der Waals surface area contributed by atoms with Crippen molar-refractivity contribution < 1.29 is 32.6 Å². The van der Waals surface area contributed by atoms with Gasteiger partial charge in [0.15, 0.2) is 28.9 Å². The fourth-order valence-electron chi connectivity index (χ4n) is 4.20. The fraction of sp³-hybridized carbons (Fsp3) is 0.207. The third kappa shape index (κ3) is 5.05. The highest BCUT2D eigenvalue weighted by molar-refractivity contribution is 6.16. The van der Waals surface area contributed by atoms with Crippen LogP contribution in [0.3, 0.4) is 0 Å². The van der Waals surface area contributed by atoms with E-state index in [-0.39, 0.29) is 11.4 Å². The fourth-order valence-corrected chi connectivity index (χ4v) is 4.20. The van der Waals surface area contributed by atoms with Gasteiger partial charge >= 0.3 is 0 Å². The van der Waals surface area contributed by atoms with Crippen LogP contribution in [-0.2, 0) is 9.59 Å². The highest BCUT2D eigenvalue weighted by Gasteiger charge is 2.56. The first-order valence-electron chi connectivity index (χ1n) is 12.1. The van der Waals surface area contributed by atoms with E-state index in [1.807, 2.05) is 19.1 Å². The zero-order chi connectivity index (χ0) is 27.7. The summed E-state index contributed by atoms with van der Waals surface area (Å²) >= 11 is 0. The summed E-state index contributed by atoms with van der Waals surface area (Å²) in [5.74, 6) is -2.87. The smallest absolute Gasteiger partial charge is 0.240 e. The second kappa shape index (κ2) is 10.2. The van der Waals surface area contributed by atoms with Gasteiger partial charge in [0.1, 0.15) is 11.2 Å². The molecule has 1 aromatic heterocycles. The number of halogens is 2. The van der Waals surface area contributed by atoms with Gasteiger partial charge in [-0.3, -0.25) is 14.6 Å². The minimum Gasteiger partial charge on any atom is -0.493 e.